The van der Waals surface area contributed by atoms with Gasteiger partial charge in [0.25, 0.3) is 0 Å². The number of fused-ring (bicyclic) bond motifs is 1. The lowest BCUT2D eigenvalue weighted by Crippen LogP contribution is -2.34. The van der Waals surface area contributed by atoms with E-state index in [1.54, 1.807) is 11.1 Å². The minimum absolute atomic E-state index is 0.0616. The van der Waals surface area contributed by atoms with E-state index in [2.05, 4.69) is 4.98 Å². The summed E-state index contributed by atoms with van der Waals surface area (Å²) in [7, 11) is 0. The molecule has 0 aliphatic rings. The SMILES string of the molecule is N#CCCN(CCC#N)C(=O)CSc1cccc2cccnc12. The lowest BCUT2D eigenvalue weighted by molar-refractivity contribution is -0.128. The highest BCUT2D eigenvalue weighted by Gasteiger charge is 2.14. The third-order valence-electron chi connectivity index (χ3n) is 3.29. The van der Waals surface area contributed by atoms with E-state index in [1.807, 2.05) is 42.5 Å². The van der Waals surface area contributed by atoms with Crippen LogP contribution in [-0.4, -0.2) is 34.6 Å². The van der Waals surface area contributed by atoms with Crippen molar-refractivity contribution in [3.8, 4) is 12.1 Å². The van der Waals surface area contributed by atoms with Crippen LogP contribution in [0.3, 0.4) is 0 Å². The molecule has 0 radical (unpaired) electrons. The van der Waals surface area contributed by atoms with E-state index in [9.17, 15) is 4.79 Å². The molecule has 23 heavy (non-hydrogen) atoms. The molecule has 0 aliphatic heterocycles. The number of carbonyl (C=O) groups excluding carboxylic acids is 1. The largest absolute Gasteiger partial charge is 0.340 e. The minimum atomic E-state index is -0.0616. The summed E-state index contributed by atoms with van der Waals surface area (Å²) in [5.74, 6) is 0.209. The van der Waals surface area contributed by atoms with Crippen molar-refractivity contribution in [2.45, 2.75) is 17.7 Å². The first kappa shape index (κ1) is 16.8. The number of para-hydroxylation sites is 1. The van der Waals surface area contributed by atoms with E-state index in [1.165, 1.54) is 11.8 Å². The quantitative estimate of drug-likeness (QED) is 0.731. The smallest absolute Gasteiger partial charge is 0.232 e. The van der Waals surface area contributed by atoms with E-state index in [0.717, 1.165) is 15.8 Å². The van der Waals surface area contributed by atoms with Crippen LogP contribution in [0.4, 0.5) is 0 Å². The molecule has 116 valence electrons. The summed E-state index contributed by atoms with van der Waals surface area (Å²) in [5, 5.41) is 18.4. The van der Waals surface area contributed by atoms with Crippen LogP contribution in [0.15, 0.2) is 41.4 Å². The maximum atomic E-state index is 12.3. The van der Waals surface area contributed by atoms with Crippen LogP contribution in [0.5, 0.6) is 0 Å². The molecule has 1 aromatic carbocycles. The molecule has 2 rings (SSSR count). The maximum absolute atomic E-state index is 12.3. The van der Waals surface area contributed by atoms with E-state index >= 15 is 0 Å². The summed E-state index contributed by atoms with van der Waals surface area (Å²) in [6, 6.07) is 13.8. The lowest BCUT2D eigenvalue weighted by Gasteiger charge is -2.20. The summed E-state index contributed by atoms with van der Waals surface area (Å²) in [5.41, 5.74) is 0.883. The first-order valence-corrected chi connectivity index (χ1v) is 8.23. The van der Waals surface area contributed by atoms with E-state index in [4.69, 9.17) is 10.5 Å². The van der Waals surface area contributed by atoms with Gasteiger partial charge in [0.2, 0.25) is 5.91 Å². The fourth-order valence-corrected chi connectivity index (χ4v) is 3.10. The van der Waals surface area contributed by atoms with Gasteiger partial charge in [-0.05, 0) is 12.1 Å². The number of thioether (sulfide) groups is 1. The number of rotatable bonds is 7. The standard InChI is InChI=1S/C17H16N4OS/c18-8-3-11-21(12-4-9-19)16(22)13-23-15-7-1-5-14-6-2-10-20-17(14)15/h1-2,5-7,10H,3-4,11-13H2. The summed E-state index contributed by atoms with van der Waals surface area (Å²) in [4.78, 5) is 19.2. The highest BCUT2D eigenvalue weighted by atomic mass is 32.2. The van der Waals surface area contributed by atoms with Crippen molar-refractivity contribution in [3.63, 3.8) is 0 Å². The molecule has 0 saturated heterocycles. The number of hydrogen-bond donors (Lipinski definition) is 0. The molecule has 0 atom stereocenters. The zero-order valence-electron chi connectivity index (χ0n) is 12.6. The fraction of sp³-hybridized carbons (Fsp3) is 0.294. The van der Waals surface area contributed by atoms with Gasteiger partial charge in [-0.1, -0.05) is 18.2 Å². The van der Waals surface area contributed by atoms with Gasteiger partial charge in [-0.15, -0.1) is 11.8 Å². The lowest BCUT2D eigenvalue weighted by atomic mass is 10.2. The summed E-state index contributed by atoms with van der Waals surface area (Å²) in [6.07, 6.45) is 2.29. The third-order valence-corrected chi connectivity index (χ3v) is 4.32. The number of benzene rings is 1. The molecule has 0 N–H and O–H groups in total. The molecule has 0 bridgehead atoms. The Bertz CT molecular complexity index is 740. The van der Waals surface area contributed by atoms with Gasteiger partial charge in [-0.3, -0.25) is 9.78 Å². The Kier molecular flexibility index (Phi) is 6.40. The summed E-state index contributed by atoms with van der Waals surface area (Å²) in [6.45, 7) is 0.733. The normalized spacial score (nSPS) is 10.0. The minimum Gasteiger partial charge on any atom is -0.340 e. The second-order valence-electron chi connectivity index (χ2n) is 4.82. The van der Waals surface area contributed by atoms with Crippen LogP contribution >= 0.6 is 11.8 Å². The van der Waals surface area contributed by atoms with Crippen molar-refractivity contribution in [2.24, 2.45) is 0 Å². The van der Waals surface area contributed by atoms with Crippen LogP contribution in [-0.2, 0) is 4.79 Å². The Hall–Kier alpha value is -2.57. The maximum Gasteiger partial charge on any atom is 0.232 e. The monoisotopic (exact) mass is 324 g/mol. The van der Waals surface area contributed by atoms with Crippen LogP contribution < -0.4 is 0 Å². The molecule has 6 heteroatoms. The predicted octanol–water partition coefficient (Wildman–Crippen LogP) is 2.98. The summed E-state index contributed by atoms with van der Waals surface area (Å²) < 4.78 is 0. The number of nitriles is 2. The first-order valence-electron chi connectivity index (χ1n) is 7.24. The predicted molar refractivity (Wildman–Crippen MR) is 89.5 cm³/mol. The van der Waals surface area contributed by atoms with Gasteiger partial charge in [-0.25, -0.2) is 0 Å². The van der Waals surface area contributed by atoms with E-state index in [-0.39, 0.29) is 24.5 Å². The van der Waals surface area contributed by atoms with Crippen molar-refractivity contribution in [1.82, 2.24) is 9.88 Å². The fourth-order valence-electron chi connectivity index (χ4n) is 2.15. The Morgan fingerprint density at radius 2 is 1.83 bits per heavy atom. The average Bonchev–Trinajstić information content (AvgIpc) is 2.59. The van der Waals surface area contributed by atoms with Crippen LogP contribution in [0.1, 0.15) is 12.8 Å². The highest BCUT2D eigenvalue weighted by Crippen LogP contribution is 2.26. The molecule has 5 nitrogen and oxygen atoms in total. The van der Waals surface area contributed by atoms with E-state index in [0.29, 0.717) is 13.1 Å². The van der Waals surface area contributed by atoms with Gasteiger partial charge < -0.3 is 4.90 Å². The molecule has 1 heterocycles. The van der Waals surface area contributed by atoms with Crippen molar-refractivity contribution in [1.29, 1.82) is 10.5 Å². The number of hydrogen-bond acceptors (Lipinski definition) is 5. The average molecular weight is 324 g/mol. The van der Waals surface area contributed by atoms with Gasteiger partial charge in [0.05, 0.1) is 36.2 Å². The summed E-state index contributed by atoms with van der Waals surface area (Å²) >= 11 is 1.43. The van der Waals surface area contributed by atoms with Gasteiger partial charge in [0.15, 0.2) is 0 Å². The highest BCUT2D eigenvalue weighted by molar-refractivity contribution is 8.00. The molecule has 2 aromatic rings. The molecule has 0 unspecified atom stereocenters. The number of nitrogens with zero attached hydrogens (tertiary/aromatic N) is 4. The Morgan fingerprint density at radius 3 is 2.52 bits per heavy atom. The molecule has 0 saturated carbocycles. The van der Waals surface area contributed by atoms with E-state index < -0.39 is 0 Å². The molecule has 1 amide bonds. The number of carbonyl (C=O) groups is 1. The Morgan fingerprint density at radius 1 is 1.13 bits per heavy atom. The van der Waals surface area contributed by atoms with Gasteiger partial charge >= 0.3 is 0 Å². The topological polar surface area (TPSA) is 80.8 Å². The molecular weight excluding hydrogens is 308 g/mol. The van der Waals surface area contributed by atoms with Crippen molar-refractivity contribution < 1.29 is 4.79 Å². The molecular formula is C17H16N4OS. The second kappa shape index (κ2) is 8.77. The number of pyridine rings is 1. The zero-order chi connectivity index (χ0) is 16.5. The number of aromatic nitrogens is 1. The molecule has 1 aromatic heterocycles. The Balaban J connectivity index is 2.04. The van der Waals surface area contributed by atoms with Gasteiger partial charge in [0.1, 0.15) is 0 Å². The molecule has 0 aliphatic carbocycles. The molecule has 0 spiro atoms. The van der Waals surface area contributed by atoms with Crippen molar-refractivity contribution in [3.05, 3.63) is 36.5 Å². The van der Waals surface area contributed by atoms with Crippen LogP contribution in [0, 0.1) is 22.7 Å². The van der Waals surface area contributed by atoms with Gasteiger partial charge in [0, 0.05) is 29.6 Å². The third kappa shape index (κ3) is 4.70. The van der Waals surface area contributed by atoms with Crippen molar-refractivity contribution >= 4 is 28.6 Å². The van der Waals surface area contributed by atoms with Crippen molar-refractivity contribution in [2.75, 3.05) is 18.8 Å². The van der Waals surface area contributed by atoms with Crippen LogP contribution in [0.25, 0.3) is 10.9 Å². The molecule has 0 fully saturated rings. The number of amides is 1. The first-order chi connectivity index (χ1) is 11.3. The zero-order valence-corrected chi connectivity index (χ0v) is 13.4. The van der Waals surface area contributed by atoms with Gasteiger partial charge in [-0.2, -0.15) is 10.5 Å². The van der Waals surface area contributed by atoms with Crippen LogP contribution in [0.2, 0.25) is 0 Å². The second-order valence-corrected chi connectivity index (χ2v) is 5.83. The Labute approximate surface area is 139 Å².